The van der Waals surface area contributed by atoms with Gasteiger partial charge in [-0.2, -0.15) is 4.98 Å². The van der Waals surface area contributed by atoms with Crippen molar-refractivity contribution in [3.05, 3.63) is 40.3 Å². The maximum absolute atomic E-state index is 12.6. The van der Waals surface area contributed by atoms with Crippen molar-refractivity contribution in [2.75, 3.05) is 31.3 Å². The first-order valence-corrected chi connectivity index (χ1v) is 13.9. The monoisotopic (exact) mass is 548 g/mol. The molecule has 0 saturated heterocycles. The van der Waals surface area contributed by atoms with E-state index in [0.29, 0.717) is 22.5 Å². The Morgan fingerprint density at radius 1 is 1.22 bits per heavy atom. The summed E-state index contributed by atoms with van der Waals surface area (Å²) < 4.78 is 36.4. The zero-order valence-electron chi connectivity index (χ0n) is 19.2. The van der Waals surface area contributed by atoms with Crippen LogP contribution in [0, 0.1) is 0 Å². The van der Waals surface area contributed by atoms with Crippen molar-refractivity contribution in [2.24, 2.45) is 0 Å². The number of aromatic nitrogens is 4. The molecular weight excluding hydrogens is 528 g/mol. The smallest absolute Gasteiger partial charge is 0.263 e. The number of hydrogen-bond acceptors (Lipinski definition) is 11. The van der Waals surface area contributed by atoms with Gasteiger partial charge in [0.1, 0.15) is 4.88 Å². The van der Waals surface area contributed by atoms with Crippen molar-refractivity contribution in [2.45, 2.75) is 18.7 Å². The second kappa shape index (κ2) is 9.73. The van der Waals surface area contributed by atoms with Gasteiger partial charge in [0, 0.05) is 41.5 Å². The molecule has 1 atom stereocenters. The number of halogens is 1. The quantitative estimate of drug-likeness (QED) is 0.330. The first-order chi connectivity index (χ1) is 17.2. The van der Waals surface area contributed by atoms with E-state index in [9.17, 15) is 13.2 Å². The minimum absolute atomic E-state index is 0.0135. The van der Waals surface area contributed by atoms with Crippen molar-refractivity contribution in [3.8, 4) is 11.8 Å². The first kappa shape index (κ1) is 24.6. The summed E-state index contributed by atoms with van der Waals surface area (Å²) in [6.45, 7) is 2.58. The number of anilines is 1. The van der Waals surface area contributed by atoms with Crippen LogP contribution >= 0.6 is 22.9 Å². The number of sulfone groups is 1. The van der Waals surface area contributed by atoms with E-state index in [1.54, 1.807) is 6.07 Å². The molecule has 0 saturated carbocycles. The van der Waals surface area contributed by atoms with E-state index < -0.39 is 9.84 Å². The number of thiophene rings is 1. The third-order valence-corrected chi connectivity index (χ3v) is 8.36. The lowest BCUT2D eigenvalue weighted by Crippen LogP contribution is -2.34. The molecule has 0 spiro atoms. The Labute approximate surface area is 215 Å². The maximum Gasteiger partial charge on any atom is 0.263 e. The van der Waals surface area contributed by atoms with Crippen LogP contribution in [0.25, 0.3) is 21.1 Å². The van der Waals surface area contributed by atoms with Crippen LogP contribution in [0.5, 0.6) is 11.8 Å². The summed E-state index contributed by atoms with van der Waals surface area (Å²) in [5.41, 5.74) is 2.11. The number of benzene rings is 1. The van der Waals surface area contributed by atoms with Gasteiger partial charge in [0.05, 0.1) is 41.0 Å². The minimum Gasteiger partial charge on any atom is -0.419 e. The van der Waals surface area contributed by atoms with Crippen molar-refractivity contribution in [1.82, 2.24) is 25.3 Å². The van der Waals surface area contributed by atoms with E-state index >= 15 is 0 Å². The number of rotatable bonds is 7. The van der Waals surface area contributed by atoms with Crippen LogP contribution in [0.2, 0.25) is 5.28 Å². The van der Waals surface area contributed by atoms with Crippen molar-refractivity contribution >= 4 is 65.5 Å². The van der Waals surface area contributed by atoms with Gasteiger partial charge in [0.2, 0.25) is 17.0 Å². The number of ether oxygens (including phenoxy) is 2. The third-order valence-electron chi connectivity index (χ3n) is 5.48. The van der Waals surface area contributed by atoms with Gasteiger partial charge in [-0.3, -0.25) is 4.79 Å². The van der Waals surface area contributed by atoms with Gasteiger partial charge in [-0.25, -0.2) is 23.4 Å². The molecule has 11 nitrogen and oxygen atoms in total. The molecule has 4 aromatic rings. The van der Waals surface area contributed by atoms with Crippen LogP contribution in [0.1, 0.15) is 22.2 Å². The zero-order chi connectivity index (χ0) is 25.4. The Kier molecular flexibility index (Phi) is 6.64. The Bertz CT molecular complexity index is 1590. The van der Waals surface area contributed by atoms with Gasteiger partial charge in [-0.15, -0.1) is 11.3 Å². The number of carbonyl (C=O) groups is 1. The van der Waals surface area contributed by atoms with E-state index in [4.69, 9.17) is 21.1 Å². The van der Waals surface area contributed by atoms with E-state index in [0.717, 1.165) is 15.8 Å². The number of methoxy groups -OCH3 is 1. The van der Waals surface area contributed by atoms with E-state index in [2.05, 4.69) is 30.6 Å². The Morgan fingerprint density at radius 3 is 2.86 bits per heavy atom. The summed E-state index contributed by atoms with van der Waals surface area (Å²) in [5.74, 6) is -0.557. The summed E-state index contributed by atoms with van der Waals surface area (Å²) in [6, 6.07) is 3.65. The fourth-order valence-corrected chi connectivity index (χ4v) is 6.25. The SMILES string of the molecule is COCCS(=O)(=O)Cc1cnc(Cl)nc1Oc1cnc2c(ccc3sc4c(c32)NC[C@@H](C)NC4=O)n1. The zero-order valence-corrected chi connectivity index (χ0v) is 21.6. The molecule has 5 rings (SSSR count). The summed E-state index contributed by atoms with van der Waals surface area (Å²) in [7, 11) is -2.07. The predicted octanol–water partition coefficient (Wildman–Crippen LogP) is 3.19. The molecule has 36 heavy (non-hydrogen) atoms. The molecule has 1 aromatic carbocycles. The molecule has 0 radical (unpaired) electrons. The van der Waals surface area contributed by atoms with Crippen LogP contribution < -0.4 is 15.4 Å². The van der Waals surface area contributed by atoms with E-state index in [1.165, 1.54) is 30.8 Å². The molecule has 14 heteroatoms. The standard InChI is InChI=1S/C22H21ClN6O5S2/c1-11-7-24-18-16-14(35-19(18)20(30)27-11)4-3-13-17(16)25-9-15(28-13)34-21-12(8-26-22(23)29-21)10-36(31,32)6-5-33-2/h3-4,8-9,11,24H,5-7,10H2,1-2H3,(H,27,30)/t11-/m1/s1. The molecule has 1 aliphatic heterocycles. The van der Waals surface area contributed by atoms with Crippen molar-refractivity contribution in [1.29, 1.82) is 0 Å². The number of amides is 1. The van der Waals surface area contributed by atoms with E-state index in [1.807, 2.05) is 13.0 Å². The molecule has 0 aliphatic carbocycles. The lowest BCUT2D eigenvalue weighted by Gasteiger charge is -2.11. The van der Waals surface area contributed by atoms with Crippen molar-refractivity contribution < 1.29 is 22.7 Å². The van der Waals surface area contributed by atoms with Crippen molar-refractivity contribution in [3.63, 3.8) is 0 Å². The highest BCUT2D eigenvalue weighted by Crippen LogP contribution is 2.40. The number of nitrogens with one attached hydrogen (secondary N) is 2. The molecule has 0 unspecified atom stereocenters. The highest BCUT2D eigenvalue weighted by atomic mass is 35.5. The predicted molar refractivity (Wildman–Crippen MR) is 137 cm³/mol. The lowest BCUT2D eigenvalue weighted by molar-refractivity contribution is 0.0949. The second-order valence-electron chi connectivity index (χ2n) is 8.23. The van der Waals surface area contributed by atoms with Gasteiger partial charge < -0.3 is 20.1 Å². The van der Waals surface area contributed by atoms with E-state index in [-0.39, 0.29) is 52.7 Å². The maximum atomic E-state index is 12.6. The summed E-state index contributed by atoms with van der Waals surface area (Å²) in [4.78, 5) is 30.3. The Hall–Kier alpha value is -3.13. The fraction of sp³-hybridized carbons (Fsp3) is 0.318. The van der Waals surface area contributed by atoms with Gasteiger partial charge in [0.25, 0.3) is 5.91 Å². The first-order valence-electron chi connectivity index (χ1n) is 10.9. The van der Waals surface area contributed by atoms with Crippen LogP contribution in [0.15, 0.2) is 24.5 Å². The van der Waals surface area contributed by atoms with Crippen LogP contribution in [-0.2, 0) is 20.3 Å². The molecule has 1 amide bonds. The largest absolute Gasteiger partial charge is 0.419 e. The molecule has 0 bridgehead atoms. The molecule has 0 fully saturated rings. The molecule has 3 aromatic heterocycles. The molecule has 188 valence electrons. The van der Waals surface area contributed by atoms with Crippen LogP contribution in [0.3, 0.4) is 0 Å². The lowest BCUT2D eigenvalue weighted by atomic mass is 10.1. The number of fused-ring (bicyclic) bond motifs is 5. The number of nitrogens with zero attached hydrogens (tertiary/aromatic N) is 4. The van der Waals surface area contributed by atoms with Gasteiger partial charge in [-0.05, 0) is 30.7 Å². The average molecular weight is 549 g/mol. The Morgan fingerprint density at radius 2 is 2.06 bits per heavy atom. The molecule has 2 N–H and O–H groups in total. The third kappa shape index (κ3) is 4.91. The van der Waals surface area contributed by atoms with Crippen LogP contribution in [0.4, 0.5) is 5.69 Å². The molecule has 1 aliphatic rings. The summed E-state index contributed by atoms with van der Waals surface area (Å²) in [5, 5.41) is 7.03. The normalized spacial score (nSPS) is 15.9. The summed E-state index contributed by atoms with van der Waals surface area (Å²) >= 11 is 7.33. The Balaban J connectivity index is 1.51. The van der Waals surface area contributed by atoms with Gasteiger partial charge in [-0.1, -0.05) is 0 Å². The molecular formula is C22H21ClN6O5S2. The highest BCUT2D eigenvalue weighted by molar-refractivity contribution is 7.90. The second-order valence-corrected chi connectivity index (χ2v) is 11.8. The number of carbonyl (C=O) groups excluding carboxylic acids is 1. The average Bonchev–Trinajstić information content (AvgIpc) is 3.15. The molecule has 4 heterocycles. The van der Waals surface area contributed by atoms with Crippen LogP contribution in [-0.4, -0.2) is 66.3 Å². The van der Waals surface area contributed by atoms with Gasteiger partial charge in [0.15, 0.2) is 9.84 Å². The fourth-order valence-electron chi connectivity index (χ4n) is 3.80. The van der Waals surface area contributed by atoms with Gasteiger partial charge >= 0.3 is 0 Å². The minimum atomic E-state index is -3.50. The highest BCUT2D eigenvalue weighted by Gasteiger charge is 2.25. The topological polar surface area (TPSA) is 145 Å². The summed E-state index contributed by atoms with van der Waals surface area (Å²) in [6.07, 6.45) is 2.73. The number of hydrogen-bond donors (Lipinski definition) is 2.